The number of halogens is 3. The summed E-state index contributed by atoms with van der Waals surface area (Å²) in [7, 11) is -4.94. The molecule has 0 bridgehead atoms. The third kappa shape index (κ3) is 6.10. The minimum Gasteiger partial charge on any atom is -0.387 e. The molecule has 1 fully saturated rings. The van der Waals surface area contributed by atoms with Gasteiger partial charge in [-0.3, -0.25) is 18.5 Å². The zero-order valence-corrected chi connectivity index (χ0v) is 20.1. The predicted molar refractivity (Wildman–Crippen MR) is 123 cm³/mol. The second-order valence-electron chi connectivity index (χ2n) is 8.36. The Balaban J connectivity index is 1.69. The van der Waals surface area contributed by atoms with E-state index in [1.807, 2.05) is 0 Å². The van der Waals surface area contributed by atoms with Crippen molar-refractivity contribution in [2.45, 2.75) is 37.3 Å². The molecule has 3 heterocycles. The molecule has 0 spiro atoms. The fourth-order valence-electron chi connectivity index (χ4n) is 3.91. The Morgan fingerprint density at radius 2 is 1.71 bits per heavy atom. The molecule has 4 atom stereocenters. The van der Waals surface area contributed by atoms with Crippen molar-refractivity contribution in [1.82, 2.24) is 14.1 Å². The molecule has 12 nitrogen and oxygen atoms in total. The van der Waals surface area contributed by atoms with Crippen molar-refractivity contribution in [1.29, 1.82) is 0 Å². The van der Waals surface area contributed by atoms with Gasteiger partial charge in [-0.2, -0.15) is 13.2 Å². The highest BCUT2D eigenvalue weighted by Crippen LogP contribution is 2.38. The molecule has 3 aromatic rings. The normalized spacial score (nSPS) is 22.1. The summed E-state index contributed by atoms with van der Waals surface area (Å²) in [4.78, 5) is 46.9. The van der Waals surface area contributed by atoms with Crippen LogP contribution in [0.15, 0.2) is 64.3 Å². The number of aliphatic hydroxyl groups excluding tert-OH is 2. The predicted octanol–water partition coefficient (Wildman–Crippen LogP) is 0.868. The number of ether oxygens (including phenoxy) is 1. The van der Waals surface area contributed by atoms with Crippen LogP contribution in [0, 0.1) is 0 Å². The Morgan fingerprint density at radius 1 is 1.03 bits per heavy atom. The number of aliphatic hydroxyl groups is 2. The molecule has 0 saturated carbocycles. The Hall–Kier alpha value is -3.17. The molecule has 1 aromatic carbocycles. The first kappa shape index (κ1) is 27.9. The molecule has 1 aliphatic rings. The van der Waals surface area contributed by atoms with E-state index in [1.54, 1.807) is 30.3 Å². The topological polar surface area (TPSA) is 173 Å². The molecule has 2 aromatic heterocycles. The van der Waals surface area contributed by atoms with Crippen LogP contribution in [-0.4, -0.2) is 59.0 Å². The summed E-state index contributed by atoms with van der Waals surface area (Å²) in [6, 6.07) is 11.1. The van der Waals surface area contributed by atoms with Crippen LogP contribution in [0.5, 0.6) is 0 Å². The van der Waals surface area contributed by atoms with Gasteiger partial charge < -0.3 is 24.7 Å². The Bertz CT molecular complexity index is 1470. The van der Waals surface area contributed by atoms with Crippen LogP contribution in [0.1, 0.15) is 17.6 Å². The van der Waals surface area contributed by atoms with Crippen molar-refractivity contribution in [2.75, 3.05) is 6.61 Å². The van der Waals surface area contributed by atoms with Gasteiger partial charge in [0.1, 0.15) is 24.0 Å². The van der Waals surface area contributed by atoms with Crippen molar-refractivity contribution in [3.63, 3.8) is 0 Å². The van der Waals surface area contributed by atoms with E-state index in [0.29, 0.717) is 10.1 Å². The van der Waals surface area contributed by atoms with Gasteiger partial charge in [-0.25, -0.2) is 14.3 Å². The van der Waals surface area contributed by atoms with E-state index in [0.717, 1.165) is 22.9 Å². The molecule has 0 aliphatic carbocycles. The number of aromatic nitrogens is 3. The van der Waals surface area contributed by atoms with Crippen LogP contribution < -0.4 is 11.2 Å². The van der Waals surface area contributed by atoms with Gasteiger partial charge >= 0.3 is 19.7 Å². The Kier molecular flexibility index (Phi) is 7.72. The van der Waals surface area contributed by atoms with E-state index >= 15 is 0 Å². The fraction of sp³-hybridized carbons (Fsp3) is 0.318. The number of benzene rings is 1. The molecule has 16 heteroatoms. The van der Waals surface area contributed by atoms with E-state index in [-0.39, 0.29) is 11.3 Å². The number of pyridine rings is 1. The number of hydrogen-bond acceptors (Lipinski definition) is 8. The van der Waals surface area contributed by atoms with E-state index in [9.17, 15) is 37.5 Å². The van der Waals surface area contributed by atoms with Gasteiger partial charge in [-0.05, 0) is 23.3 Å². The van der Waals surface area contributed by atoms with Crippen LogP contribution in [-0.2, 0) is 26.5 Å². The van der Waals surface area contributed by atoms with Gasteiger partial charge in [0, 0.05) is 12.3 Å². The SMILES string of the molecule is O=c1ccn([C@@H]2O[C@H](COP(=O)(O)O)C(O)[C@@H]2O)c(=O)n1Cc1cc(-c2ccccc2)cc(C(F)(F)F)n1. The number of hydrogen-bond donors (Lipinski definition) is 4. The maximum absolute atomic E-state index is 13.6. The van der Waals surface area contributed by atoms with Gasteiger partial charge in [0.25, 0.3) is 5.56 Å². The van der Waals surface area contributed by atoms with Crippen molar-refractivity contribution in [3.8, 4) is 11.1 Å². The Morgan fingerprint density at radius 3 is 2.34 bits per heavy atom. The van der Waals surface area contributed by atoms with E-state index < -0.39 is 68.6 Å². The molecule has 1 aliphatic heterocycles. The number of rotatable bonds is 7. The third-order valence-corrected chi connectivity index (χ3v) is 6.20. The van der Waals surface area contributed by atoms with E-state index in [2.05, 4.69) is 9.51 Å². The lowest BCUT2D eigenvalue weighted by Crippen LogP contribution is -2.43. The Labute approximate surface area is 211 Å². The van der Waals surface area contributed by atoms with Gasteiger partial charge in [0.15, 0.2) is 6.23 Å². The van der Waals surface area contributed by atoms with Crippen molar-refractivity contribution in [3.05, 3.63) is 87.0 Å². The summed E-state index contributed by atoms with van der Waals surface area (Å²) in [5, 5.41) is 20.5. The molecule has 204 valence electrons. The minimum atomic E-state index is -4.94. The molecule has 38 heavy (non-hydrogen) atoms. The molecule has 1 saturated heterocycles. The van der Waals surface area contributed by atoms with Crippen molar-refractivity contribution in [2.24, 2.45) is 0 Å². The largest absolute Gasteiger partial charge is 0.469 e. The van der Waals surface area contributed by atoms with Crippen LogP contribution >= 0.6 is 7.82 Å². The molecule has 0 amide bonds. The van der Waals surface area contributed by atoms with E-state index in [1.165, 1.54) is 6.07 Å². The first-order chi connectivity index (χ1) is 17.7. The fourth-order valence-corrected chi connectivity index (χ4v) is 4.25. The van der Waals surface area contributed by atoms with Gasteiger partial charge in [0.05, 0.1) is 18.8 Å². The van der Waals surface area contributed by atoms with Gasteiger partial charge in [-0.15, -0.1) is 0 Å². The number of alkyl halides is 3. The lowest BCUT2D eigenvalue weighted by molar-refractivity contribution is -0.141. The summed E-state index contributed by atoms with van der Waals surface area (Å²) in [6.07, 6.45) is -10.4. The highest BCUT2D eigenvalue weighted by molar-refractivity contribution is 7.46. The van der Waals surface area contributed by atoms with Crippen LogP contribution in [0.25, 0.3) is 11.1 Å². The zero-order valence-electron chi connectivity index (χ0n) is 19.2. The highest BCUT2D eigenvalue weighted by Gasteiger charge is 2.45. The number of phosphoric ester groups is 1. The highest BCUT2D eigenvalue weighted by atomic mass is 31.2. The maximum Gasteiger partial charge on any atom is 0.469 e. The molecular formula is C22H21F3N3O9P. The first-order valence-corrected chi connectivity index (χ1v) is 12.4. The maximum atomic E-state index is 13.6. The van der Waals surface area contributed by atoms with E-state index in [4.69, 9.17) is 14.5 Å². The zero-order chi connectivity index (χ0) is 27.8. The lowest BCUT2D eigenvalue weighted by atomic mass is 10.0. The monoisotopic (exact) mass is 559 g/mol. The lowest BCUT2D eigenvalue weighted by Gasteiger charge is -2.19. The number of phosphoric acid groups is 1. The first-order valence-electron chi connectivity index (χ1n) is 10.9. The van der Waals surface area contributed by atoms with Crippen LogP contribution in [0.3, 0.4) is 0 Å². The van der Waals surface area contributed by atoms with Gasteiger partial charge in [-0.1, -0.05) is 30.3 Å². The number of nitrogens with zero attached hydrogens (tertiary/aromatic N) is 3. The second kappa shape index (κ2) is 10.5. The van der Waals surface area contributed by atoms with Crippen molar-refractivity contribution < 1.29 is 47.0 Å². The molecule has 0 radical (unpaired) electrons. The standard InChI is InChI=1S/C22H21F3N3O9P/c23-22(24,25)16-9-13(12-4-2-1-3-5-12)8-14(26-16)10-28-17(29)6-7-27(21(28)32)20-19(31)18(30)15(37-20)11-36-38(33,34)35/h1-9,15,18-20,30-31H,10-11H2,(H2,33,34,35)/t15-,18?,19+,20-/m1/s1. The minimum absolute atomic E-state index is 0.151. The summed E-state index contributed by atoms with van der Waals surface area (Å²) < 4.78 is 62.5. The molecule has 4 rings (SSSR count). The van der Waals surface area contributed by atoms with Crippen LogP contribution in [0.2, 0.25) is 0 Å². The quantitative estimate of drug-likeness (QED) is 0.304. The molecular weight excluding hydrogens is 538 g/mol. The van der Waals surface area contributed by atoms with Gasteiger partial charge in [0.2, 0.25) is 0 Å². The smallest absolute Gasteiger partial charge is 0.387 e. The third-order valence-electron chi connectivity index (χ3n) is 5.71. The molecule has 1 unspecified atom stereocenters. The van der Waals surface area contributed by atoms with Crippen LogP contribution in [0.4, 0.5) is 13.2 Å². The van der Waals surface area contributed by atoms with Crippen molar-refractivity contribution >= 4 is 7.82 Å². The summed E-state index contributed by atoms with van der Waals surface area (Å²) in [5.74, 6) is 0. The average Bonchev–Trinajstić information content (AvgIpc) is 3.13. The molecule has 4 N–H and O–H groups in total. The average molecular weight is 559 g/mol. The summed E-state index contributed by atoms with van der Waals surface area (Å²) >= 11 is 0. The summed E-state index contributed by atoms with van der Waals surface area (Å²) in [5.41, 5.74) is -2.88. The second-order valence-corrected chi connectivity index (χ2v) is 9.60. The summed E-state index contributed by atoms with van der Waals surface area (Å²) in [6.45, 7) is -1.50.